The molecule has 1 aliphatic rings. The molecular formula is C20H24ClNO3. The largest absolute Gasteiger partial charge is 0.496 e. The van der Waals surface area contributed by atoms with Crippen molar-refractivity contribution in [1.82, 2.24) is 5.32 Å². The summed E-state index contributed by atoms with van der Waals surface area (Å²) in [6.07, 6.45) is 1.96. The van der Waals surface area contributed by atoms with Gasteiger partial charge in [0.15, 0.2) is 0 Å². The highest BCUT2D eigenvalue weighted by molar-refractivity contribution is 6.30. The minimum atomic E-state index is -0.567. The number of hydrogen-bond donors (Lipinski definition) is 2. The maximum absolute atomic E-state index is 10.7. The molecule has 2 aromatic rings. The summed E-state index contributed by atoms with van der Waals surface area (Å²) in [6.45, 7) is 0.648. The third-order valence-electron chi connectivity index (χ3n) is 4.63. The number of ether oxygens (including phenoxy) is 2. The molecule has 1 saturated carbocycles. The number of rotatable bonds is 6. The molecule has 3 rings (SSSR count). The van der Waals surface area contributed by atoms with E-state index in [4.69, 9.17) is 21.1 Å². The van der Waals surface area contributed by atoms with E-state index in [2.05, 4.69) is 5.32 Å². The standard InChI is InChI=1S/C20H24ClNO3/c1-24-18-10-3-2-6-14(18)13-22-17-9-5-11-19(20(17)23)25-16-8-4-7-15(21)12-16/h2-4,6-8,10,12,17,19-20,22-23H,5,9,11,13H2,1H3/t17-,19+,20+/m0/s1. The molecule has 2 N–H and O–H groups in total. The average Bonchev–Trinajstić information content (AvgIpc) is 2.63. The van der Waals surface area contributed by atoms with Gasteiger partial charge in [0.05, 0.1) is 7.11 Å². The van der Waals surface area contributed by atoms with Crippen molar-refractivity contribution in [3.8, 4) is 11.5 Å². The summed E-state index contributed by atoms with van der Waals surface area (Å²) in [5.74, 6) is 1.55. The average molecular weight is 362 g/mol. The summed E-state index contributed by atoms with van der Waals surface area (Å²) < 4.78 is 11.4. The second-order valence-electron chi connectivity index (χ2n) is 6.33. The van der Waals surface area contributed by atoms with Gasteiger partial charge in [-0.15, -0.1) is 0 Å². The van der Waals surface area contributed by atoms with Crippen molar-refractivity contribution < 1.29 is 14.6 Å². The van der Waals surface area contributed by atoms with Gasteiger partial charge in [-0.3, -0.25) is 0 Å². The number of nitrogens with one attached hydrogen (secondary N) is 1. The van der Waals surface area contributed by atoms with Crippen LogP contribution < -0.4 is 14.8 Å². The number of hydrogen-bond acceptors (Lipinski definition) is 4. The van der Waals surface area contributed by atoms with E-state index in [0.29, 0.717) is 17.3 Å². The molecular weight excluding hydrogens is 338 g/mol. The first-order valence-electron chi connectivity index (χ1n) is 8.63. The Kier molecular flexibility index (Phi) is 6.19. The fraction of sp³-hybridized carbons (Fsp3) is 0.400. The van der Waals surface area contributed by atoms with Gasteiger partial charge in [0.25, 0.3) is 0 Å². The molecule has 0 aromatic heterocycles. The van der Waals surface area contributed by atoms with Crippen LogP contribution in [-0.2, 0) is 6.54 Å². The smallest absolute Gasteiger partial charge is 0.126 e. The number of benzene rings is 2. The summed E-state index contributed by atoms with van der Waals surface area (Å²) in [4.78, 5) is 0. The molecule has 134 valence electrons. The second-order valence-corrected chi connectivity index (χ2v) is 6.77. The SMILES string of the molecule is COc1ccccc1CN[C@H]1CCC[C@@H](Oc2cccc(Cl)c2)[C@@H]1O. The van der Waals surface area contributed by atoms with Crippen LogP contribution in [0, 0.1) is 0 Å². The fourth-order valence-corrected chi connectivity index (χ4v) is 3.48. The Morgan fingerprint density at radius 1 is 1.16 bits per heavy atom. The van der Waals surface area contributed by atoms with Gasteiger partial charge in [-0.2, -0.15) is 0 Å². The highest BCUT2D eigenvalue weighted by atomic mass is 35.5. The molecule has 0 heterocycles. The molecule has 4 nitrogen and oxygen atoms in total. The van der Waals surface area contributed by atoms with E-state index in [1.165, 1.54) is 0 Å². The van der Waals surface area contributed by atoms with Crippen molar-refractivity contribution in [3.63, 3.8) is 0 Å². The summed E-state index contributed by atoms with van der Waals surface area (Å²) in [5, 5.41) is 14.8. The lowest BCUT2D eigenvalue weighted by atomic mass is 9.89. The van der Waals surface area contributed by atoms with Gasteiger partial charge in [0, 0.05) is 23.2 Å². The number of para-hydroxylation sites is 1. The minimum Gasteiger partial charge on any atom is -0.496 e. The third kappa shape index (κ3) is 4.66. The number of methoxy groups -OCH3 is 1. The zero-order chi connectivity index (χ0) is 17.6. The Balaban J connectivity index is 1.61. The first-order chi connectivity index (χ1) is 12.2. The van der Waals surface area contributed by atoms with E-state index in [1.807, 2.05) is 42.5 Å². The highest BCUT2D eigenvalue weighted by Crippen LogP contribution is 2.26. The molecule has 0 radical (unpaired) electrons. The Morgan fingerprint density at radius 2 is 2.00 bits per heavy atom. The van der Waals surface area contributed by atoms with Gasteiger partial charge < -0.3 is 19.9 Å². The molecule has 0 spiro atoms. The lowest BCUT2D eigenvalue weighted by Gasteiger charge is -2.35. The normalized spacial score (nSPS) is 23.2. The summed E-state index contributed by atoms with van der Waals surface area (Å²) in [5.41, 5.74) is 1.08. The van der Waals surface area contributed by atoms with Crippen LogP contribution in [0.15, 0.2) is 48.5 Å². The maximum atomic E-state index is 10.7. The van der Waals surface area contributed by atoms with E-state index in [9.17, 15) is 5.11 Å². The molecule has 1 aliphatic carbocycles. The monoisotopic (exact) mass is 361 g/mol. The summed E-state index contributed by atoms with van der Waals surface area (Å²) >= 11 is 6.01. The van der Waals surface area contributed by atoms with Crippen LogP contribution in [0.1, 0.15) is 24.8 Å². The van der Waals surface area contributed by atoms with E-state index in [-0.39, 0.29) is 12.1 Å². The maximum Gasteiger partial charge on any atom is 0.126 e. The Labute approximate surface area is 153 Å². The van der Waals surface area contributed by atoms with E-state index in [1.54, 1.807) is 13.2 Å². The van der Waals surface area contributed by atoms with Crippen LogP contribution in [0.5, 0.6) is 11.5 Å². The predicted octanol–water partition coefficient (Wildman–Crippen LogP) is 3.80. The molecule has 5 heteroatoms. The van der Waals surface area contributed by atoms with Crippen molar-refractivity contribution in [2.45, 2.75) is 44.1 Å². The molecule has 25 heavy (non-hydrogen) atoms. The summed E-state index contributed by atoms with van der Waals surface area (Å²) in [7, 11) is 1.67. The third-order valence-corrected chi connectivity index (χ3v) is 4.86. The van der Waals surface area contributed by atoms with Crippen molar-refractivity contribution in [1.29, 1.82) is 0 Å². The molecule has 0 bridgehead atoms. The molecule has 2 aromatic carbocycles. The van der Waals surface area contributed by atoms with Crippen LogP contribution in [0.2, 0.25) is 5.02 Å². The topological polar surface area (TPSA) is 50.7 Å². The van der Waals surface area contributed by atoms with Crippen LogP contribution in [0.25, 0.3) is 0 Å². The van der Waals surface area contributed by atoms with Gasteiger partial charge in [0.2, 0.25) is 0 Å². The summed E-state index contributed by atoms with van der Waals surface area (Å²) in [6, 6.07) is 15.2. The molecule has 0 unspecified atom stereocenters. The van der Waals surface area contributed by atoms with Gasteiger partial charge >= 0.3 is 0 Å². The molecule has 1 fully saturated rings. The Hall–Kier alpha value is -1.75. The van der Waals surface area contributed by atoms with Gasteiger partial charge in [-0.05, 0) is 43.5 Å². The number of halogens is 1. The van der Waals surface area contributed by atoms with E-state index < -0.39 is 6.10 Å². The number of aliphatic hydroxyl groups excluding tert-OH is 1. The van der Waals surface area contributed by atoms with Crippen LogP contribution in [-0.4, -0.2) is 30.5 Å². The zero-order valence-electron chi connectivity index (χ0n) is 14.3. The van der Waals surface area contributed by atoms with Crippen LogP contribution in [0.4, 0.5) is 0 Å². The van der Waals surface area contributed by atoms with Crippen molar-refractivity contribution >= 4 is 11.6 Å². The molecule has 0 amide bonds. The van der Waals surface area contributed by atoms with Gasteiger partial charge in [-0.25, -0.2) is 0 Å². The van der Waals surface area contributed by atoms with Gasteiger partial charge in [0.1, 0.15) is 23.7 Å². The Bertz CT molecular complexity index is 694. The van der Waals surface area contributed by atoms with Crippen molar-refractivity contribution in [2.75, 3.05) is 7.11 Å². The molecule has 3 atom stereocenters. The first kappa shape index (κ1) is 18.1. The zero-order valence-corrected chi connectivity index (χ0v) is 15.1. The highest BCUT2D eigenvalue weighted by Gasteiger charge is 2.33. The van der Waals surface area contributed by atoms with Crippen LogP contribution >= 0.6 is 11.6 Å². The first-order valence-corrected chi connectivity index (χ1v) is 9.01. The van der Waals surface area contributed by atoms with Crippen molar-refractivity contribution in [3.05, 3.63) is 59.1 Å². The van der Waals surface area contributed by atoms with Gasteiger partial charge in [-0.1, -0.05) is 35.9 Å². The lowest BCUT2D eigenvalue weighted by molar-refractivity contribution is -0.0157. The molecule has 0 aliphatic heterocycles. The molecule has 0 saturated heterocycles. The quantitative estimate of drug-likeness (QED) is 0.821. The Morgan fingerprint density at radius 3 is 2.80 bits per heavy atom. The lowest BCUT2D eigenvalue weighted by Crippen LogP contribution is -2.50. The van der Waals surface area contributed by atoms with E-state index in [0.717, 1.165) is 30.6 Å². The van der Waals surface area contributed by atoms with E-state index >= 15 is 0 Å². The van der Waals surface area contributed by atoms with Crippen molar-refractivity contribution in [2.24, 2.45) is 0 Å². The van der Waals surface area contributed by atoms with Crippen LogP contribution in [0.3, 0.4) is 0 Å². The fourth-order valence-electron chi connectivity index (χ4n) is 3.30. The minimum absolute atomic E-state index is 0.0113. The predicted molar refractivity (Wildman–Crippen MR) is 99.3 cm³/mol. The number of aliphatic hydroxyl groups is 1. The second kappa shape index (κ2) is 8.56.